The van der Waals surface area contributed by atoms with Crippen molar-refractivity contribution in [1.82, 2.24) is 10.3 Å². The van der Waals surface area contributed by atoms with Crippen molar-refractivity contribution in [1.29, 1.82) is 0 Å². The number of carbonyl (C=O) groups is 1. The van der Waals surface area contributed by atoms with E-state index in [1.165, 1.54) is 0 Å². The number of aromatic nitrogens is 1. The molecule has 0 saturated carbocycles. The molecule has 0 aliphatic heterocycles. The number of benzene rings is 2. The monoisotopic (exact) mass is 306 g/mol. The second-order valence-corrected chi connectivity index (χ2v) is 5.19. The Balaban J connectivity index is 1.68. The lowest BCUT2D eigenvalue weighted by Crippen LogP contribution is -2.30. The fourth-order valence-electron chi connectivity index (χ4n) is 2.27. The Morgan fingerprint density at radius 1 is 1.00 bits per heavy atom. The number of hydrogen-bond donors (Lipinski definition) is 3. The van der Waals surface area contributed by atoms with Crippen molar-refractivity contribution in [2.75, 3.05) is 0 Å². The summed E-state index contributed by atoms with van der Waals surface area (Å²) in [7, 11) is -1.49. The molecule has 0 radical (unpaired) electrons. The first-order valence-corrected chi connectivity index (χ1v) is 7.22. The summed E-state index contributed by atoms with van der Waals surface area (Å²) < 4.78 is 0. The van der Waals surface area contributed by atoms with Gasteiger partial charge < -0.3 is 15.4 Å². The van der Waals surface area contributed by atoms with Gasteiger partial charge in [0.05, 0.1) is 5.52 Å². The molecule has 2 aromatic carbocycles. The van der Waals surface area contributed by atoms with Crippen molar-refractivity contribution in [2.45, 2.75) is 6.54 Å². The lowest BCUT2D eigenvalue weighted by Gasteiger charge is -2.07. The molecule has 114 valence electrons. The summed E-state index contributed by atoms with van der Waals surface area (Å²) in [5, 5.41) is 21.9. The van der Waals surface area contributed by atoms with Crippen LogP contribution in [0, 0.1) is 0 Å². The molecule has 0 unspecified atom stereocenters. The maximum Gasteiger partial charge on any atom is 0.488 e. The van der Waals surface area contributed by atoms with E-state index in [0.717, 1.165) is 16.5 Å². The summed E-state index contributed by atoms with van der Waals surface area (Å²) in [5.74, 6) is -0.248. The van der Waals surface area contributed by atoms with E-state index in [1.54, 1.807) is 30.3 Å². The highest BCUT2D eigenvalue weighted by Crippen LogP contribution is 2.11. The fourth-order valence-corrected chi connectivity index (χ4v) is 2.27. The van der Waals surface area contributed by atoms with Gasteiger partial charge in [0.1, 0.15) is 5.69 Å². The molecule has 3 aromatic rings. The summed E-state index contributed by atoms with van der Waals surface area (Å²) in [6.07, 6.45) is 0. The van der Waals surface area contributed by atoms with Crippen molar-refractivity contribution >= 4 is 29.4 Å². The minimum absolute atomic E-state index is 0.248. The van der Waals surface area contributed by atoms with E-state index in [9.17, 15) is 4.79 Å². The van der Waals surface area contributed by atoms with E-state index in [2.05, 4.69) is 10.3 Å². The van der Waals surface area contributed by atoms with Crippen molar-refractivity contribution in [3.8, 4) is 0 Å². The average molecular weight is 306 g/mol. The topological polar surface area (TPSA) is 82.5 Å². The highest BCUT2D eigenvalue weighted by molar-refractivity contribution is 6.58. The van der Waals surface area contributed by atoms with Crippen LogP contribution in [-0.4, -0.2) is 28.1 Å². The number of nitrogens with one attached hydrogen (secondary N) is 1. The molecule has 3 N–H and O–H groups in total. The zero-order valence-corrected chi connectivity index (χ0v) is 12.3. The highest BCUT2D eigenvalue weighted by atomic mass is 16.4. The zero-order valence-electron chi connectivity index (χ0n) is 12.3. The van der Waals surface area contributed by atoms with Crippen molar-refractivity contribution in [3.05, 3.63) is 71.9 Å². The highest BCUT2D eigenvalue weighted by Gasteiger charge is 2.11. The Kier molecular flexibility index (Phi) is 4.37. The van der Waals surface area contributed by atoms with Gasteiger partial charge >= 0.3 is 7.12 Å². The summed E-state index contributed by atoms with van der Waals surface area (Å²) >= 11 is 0. The van der Waals surface area contributed by atoms with Gasteiger partial charge in [0.2, 0.25) is 0 Å². The summed E-state index contributed by atoms with van der Waals surface area (Å²) in [6.45, 7) is 0.342. The summed E-state index contributed by atoms with van der Waals surface area (Å²) in [5.41, 5.74) is 2.42. The van der Waals surface area contributed by atoms with Gasteiger partial charge in [0.25, 0.3) is 5.91 Å². The largest absolute Gasteiger partial charge is 0.488 e. The molecule has 0 aliphatic rings. The number of amides is 1. The SMILES string of the molecule is O=C(NCc1ccc(B(O)O)cc1)c1ccc2ccccc2n1. The minimum atomic E-state index is -1.49. The van der Waals surface area contributed by atoms with Crippen LogP contribution in [0.5, 0.6) is 0 Å². The van der Waals surface area contributed by atoms with Crippen LogP contribution in [0.25, 0.3) is 10.9 Å². The van der Waals surface area contributed by atoms with E-state index in [1.807, 2.05) is 30.3 Å². The maximum atomic E-state index is 12.2. The molecule has 0 saturated heterocycles. The smallest absolute Gasteiger partial charge is 0.423 e. The van der Waals surface area contributed by atoms with Crippen LogP contribution in [-0.2, 0) is 6.54 Å². The maximum absolute atomic E-state index is 12.2. The molecule has 5 nitrogen and oxygen atoms in total. The van der Waals surface area contributed by atoms with E-state index in [4.69, 9.17) is 10.0 Å². The van der Waals surface area contributed by atoms with Crippen LogP contribution in [0.15, 0.2) is 60.7 Å². The molecule has 1 aromatic heterocycles. The molecule has 0 aliphatic carbocycles. The zero-order chi connectivity index (χ0) is 16.2. The van der Waals surface area contributed by atoms with Crippen LogP contribution in [0.1, 0.15) is 16.1 Å². The molecule has 3 rings (SSSR count). The molecular formula is C17H15BN2O3. The van der Waals surface area contributed by atoms with Crippen molar-refractivity contribution < 1.29 is 14.8 Å². The third kappa shape index (κ3) is 3.56. The summed E-state index contributed by atoms with van der Waals surface area (Å²) in [4.78, 5) is 16.5. The standard InChI is InChI=1S/C17H15BN2O3/c21-17(16-10-7-13-3-1-2-4-15(13)20-16)19-11-12-5-8-14(9-6-12)18(22)23/h1-10,22-23H,11H2,(H,19,21). The second-order valence-electron chi connectivity index (χ2n) is 5.19. The Morgan fingerprint density at radius 2 is 1.74 bits per heavy atom. The minimum Gasteiger partial charge on any atom is -0.423 e. The van der Waals surface area contributed by atoms with Gasteiger partial charge in [-0.15, -0.1) is 0 Å². The Labute approximate surface area is 133 Å². The molecule has 1 amide bonds. The Morgan fingerprint density at radius 3 is 2.48 bits per heavy atom. The lowest BCUT2D eigenvalue weighted by molar-refractivity contribution is 0.0946. The van der Waals surface area contributed by atoms with Gasteiger partial charge in [-0.25, -0.2) is 4.98 Å². The van der Waals surface area contributed by atoms with E-state index < -0.39 is 7.12 Å². The molecule has 1 heterocycles. The van der Waals surface area contributed by atoms with Gasteiger partial charge in [-0.2, -0.15) is 0 Å². The van der Waals surface area contributed by atoms with Gasteiger partial charge in [-0.3, -0.25) is 4.79 Å². The predicted octanol–water partition coefficient (Wildman–Crippen LogP) is 0.845. The van der Waals surface area contributed by atoms with Crippen LogP contribution in [0.2, 0.25) is 0 Å². The number of pyridine rings is 1. The first-order chi connectivity index (χ1) is 11.1. The number of nitrogens with zero attached hydrogens (tertiary/aromatic N) is 1. The molecule has 0 spiro atoms. The van der Waals surface area contributed by atoms with Crippen LogP contribution >= 0.6 is 0 Å². The van der Waals surface area contributed by atoms with E-state index >= 15 is 0 Å². The number of para-hydroxylation sites is 1. The van der Waals surface area contributed by atoms with Crippen molar-refractivity contribution in [2.24, 2.45) is 0 Å². The molecule has 0 fully saturated rings. The fraction of sp³-hybridized carbons (Fsp3) is 0.0588. The van der Waals surface area contributed by atoms with Gasteiger partial charge in [0, 0.05) is 11.9 Å². The van der Waals surface area contributed by atoms with E-state index in [0.29, 0.717) is 17.7 Å². The number of rotatable bonds is 4. The van der Waals surface area contributed by atoms with Crippen LogP contribution < -0.4 is 10.8 Å². The molecular weight excluding hydrogens is 291 g/mol. The first-order valence-electron chi connectivity index (χ1n) is 7.22. The summed E-state index contributed by atoms with van der Waals surface area (Å²) in [6, 6.07) is 17.9. The van der Waals surface area contributed by atoms with Gasteiger partial charge in [-0.1, -0.05) is 48.5 Å². The molecule has 23 heavy (non-hydrogen) atoms. The molecule has 0 atom stereocenters. The van der Waals surface area contributed by atoms with E-state index in [-0.39, 0.29) is 5.91 Å². The number of hydrogen-bond acceptors (Lipinski definition) is 4. The Hall–Kier alpha value is -2.70. The van der Waals surface area contributed by atoms with Crippen LogP contribution in [0.3, 0.4) is 0 Å². The predicted molar refractivity (Wildman–Crippen MR) is 89.2 cm³/mol. The van der Waals surface area contributed by atoms with Crippen LogP contribution in [0.4, 0.5) is 0 Å². The number of fused-ring (bicyclic) bond motifs is 1. The quantitative estimate of drug-likeness (QED) is 0.624. The Bertz CT molecular complexity index is 835. The normalized spacial score (nSPS) is 10.5. The third-order valence-electron chi connectivity index (χ3n) is 3.56. The molecule has 6 heteroatoms. The first kappa shape index (κ1) is 15.2. The number of carbonyl (C=O) groups excluding carboxylic acids is 1. The van der Waals surface area contributed by atoms with Gasteiger partial charge in [-0.05, 0) is 23.2 Å². The second kappa shape index (κ2) is 6.60. The third-order valence-corrected chi connectivity index (χ3v) is 3.56. The van der Waals surface area contributed by atoms with Gasteiger partial charge in [0.15, 0.2) is 0 Å². The lowest BCUT2D eigenvalue weighted by atomic mass is 9.80. The van der Waals surface area contributed by atoms with Crippen molar-refractivity contribution in [3.63, 3.8) is 0 Å². The average Bonchev–Trinajstić information content (AvgIpc) is 2.59. The molecule has 0 bridgehead atoms.